The summed E-state index contributed by atoms with van der Waals surface area (Å²) in [6, 6.07) is 18.8. The molecule has 0 unspecified atom stereocenters. The van der Waals surface area contributed by atoms with Gasteiger partial charge in [-0.2, -0.15) is 0 Å². The maximum Gasteiger partial charge on any atom is 0.254 e. The molecule has 3 aromatic carbocycles. The number of aliphatic hydroxyl groups excluding tert-OH is 1. The minimum Gasteiger partial charge on any atom is -0.508 e. The van der Waals surface area contributed by atoms with Crippen LogP contribution in [-0.4, -0.2) is 68.6 Å². The van der Waals surface area contributed by atoms with Crippen LogP contribution < -0.4 is 10.1 Å². The second kappa shape index (κ2) is 12.1. The van der Waals surface area contributed by atoms with Crippen LogP contribution in [0, 0.1) is 6.92 Å². The molecule has 0 aliphatic carbocycles. The highest BCUT2D eigenvalue weighted by Gasteiger charge is 2.50. The molecule has 0 radical (unpaired) electrons. The second-order valence-corrected chi connectivity index (χ2v) is 11.9. The molecule has 4 rings (SSSR count). The maximum atomic E-state index is 13.9. The molecular weight excluding hydrogens is 528 g/mol. The fourth-order valence-corrected chi connectivity index (χ4v) is 6.05. The summed E-state index contributed by atoms with van der Waals surface area (Å²) in [5.41, 5.74) is 1.84. The van der Waals surface area contributed by atoms with Crippen molar-refractivity contribution < 1.29 is 29.3 Å². The molecule has 1 saturated heterocycles. The first kappa shape index (κ1) is 29.2. The summed E-state index contributed by atoms with van der Waals surface area (Å²) >= 11 is 1.45. The summed E-state index contributed by atoms with van der Waals surface area (Å²) < 4.78 is 4.66. The van der Waals surface area contributed by atoms with E-state index in [2.05, 4.69) is 5.32 Å². The van der Waals surface area contributed by atoms with Crippen molar-refractivity contribution in [1.82, 2.24) is 10.2 Å². The zero-order valence-corrected chi connectivity index (χ0v) is 23.8. The van der Waals surface area contributed by atoms with Crippen LogP contribution in [0.4, 0.5) is 0 Å². The van der Waals surface area contributed by atoms with E-state index in [0.717, 1.165) is 5.56 Å². The van der Waals surface area contributed by atoms with Gasteiger partial charge in [0.1, 0.15) is 17.5 Å². The Labute approximate surface area is 238 Å². The van der Waals surface area contributed by atoms with Crippen molar-refractivity contribution in [2.75, 3.05) is 13.0 Å². The first-order chi connectivity index (χ1) is 19.0. The lowest BCUT2D eigenvalue weighted by atomic mass is 9.91. The molecule has 8 nitrogen and oxygen atoms in total. The fraction of sp³-hybridized carbons (Fsp3) is 0.323. The zero-order valence-electron chi connectivity index (χ0n) is 23.0. The van der Waals surface area contributed by atoms with E-state index in [9.17, 15) is 24.6 Å². The van der Waals surface area contributed by atoms with Crippen LogP contribution in [0.5, 0.6) is 11.5 Å². The topological polar surface area (TPSA) is 116 Å². The molecular formula is C31H34N2O6S. The van der Waals surface area contributed by atoms with Crippen LogP contribution in [0.3, 0.4) is 0 Å². The van der Waals surface area contributed by atoms with E-state index in [1.165, 1.54) is 29.8 Å². The lowest BCUT2D eigenvalue weighted by molar-refractivity contribution is -0.141. The number of nitrogens with one attached hydrogen (secondary N) is 1. The molecule has 3 aromatic rings. The predicted octanol–water partition coefficient (Wildman–Crippen LogP) is 3.97. The van der Waals surface area contributed by atoms with Crippen molar-refractivity contribution in [3.8, 4) is 11.5 Å². The highest BCUT2D eigenvalue weighted by atomic mass is 32.2. The Morgan fingerprint density at radius 2 is 1.77 bits per heavy atom. The van der Waals surface area contributed by atoms with Crippen LogP contribution in [-0.2, 0) is 11.2 Å². The van der Waals surface area contributed by atoms with Gasteiger partial charge >= 0.3 is 0 Å². The van der Waals surface area contributed by atoms with Gasteiger partial charge in [0.15, 0.2) is 11.9 Å². The summed E-state index contributed by atoms with van der Waals surface area (Å²) in [7, 11) is 1.52. The van der Waals surface area contributed by atoms with E-state index in [0.29, 0.717) is 16.9 Å². The minimum absolute atomic E-state index is 0.0286. The van der Waals surface area contributed by atoms with Crippen molar-refractivity contribution in [3.05, 3.63) is 95.1 Å². The van der Waals surface area contributed by atoms with Crippen molar-refractivity contribution in [3.63, 3.8) is 0 Å². The number of nitrogens with zero attached hydrogens (tertiary/aromatic N) is 1. The number of carbonyl (C=O) groups is 3. The number of aliphatic hydroxyl groups is 1. The van der Waals surface area contributed by atoms with Crippen LogP contribution >= 0.6 is 11.8 Å². The van der Waals surface area contributed by atoms with Gasteiger partial charge < -0.3 is 25.2 Å². The minimum atomic E-state index is -1.63. The number of ketones is 1. The number of phenols is 1. The van der Waals surface area contributed by atoms with Crippen LogP contribution in [0.15, 0.2) is 72.8 Å². The molecule has 3 N–H and O–H groups in total. The Balaban J connectivity index is 1.63. The number of carbonyl (C=O) groups excluding carboxylic acids is 3. The molecule has 1 aliphatic heterocycles. The van der Waals surface area contributed by atoms with Gasteiger partial charge in [0, 0.05) is 21.4 Å². The van der Waals surface area contributed by atoms with Gasteiger partial charge in [-0.25, -0.2) is 0 Å². The SMILES string of the molecule is COc1cccc(C(=O)[C@H]2N(C(=O)[C@@H](O)[C@H](Cc3ccccc3)NC(=O)c3cccc(O)c3C)CSC2(C)C)c1. The largest absolute Gasteiger partial charge is 0.508 e. The van der Waals surface area contributed by atoms with E-state index in [4.69, 9.17) is 4.74 Å². The highest BCUT2D eigenvalue weighted by Crippen LogP contribution is 2.41. The van der Waals surface area contributed by atoms with Gasteiger partial charge in [-0.05, 0) is 57.0 Å². The van der Waals surface area contributed by atoms with Gasteiger partial charge in [0.25, 0.3) is 11.8 Å². The third-order valence-electron chi connectivity index (χ3n) is 7.23. The lowest BCUT2D eigenvalue weighted by Crippen LogP contribution is -2.57. The van der Waals surface area contributed by atoms with E-state index in [1.807, 2.05) is 44.2 Å². The number of amides is 2. The van der Waals surface area contributed by atoms with Crippen molar-refractivity contribution in [2.45, 2.75) is 50.1 Å². The number of ether oxygens (including phenoxy) is 1. The van der Waals surface area contributed by atoms with Gasteiger partial charge in [-0.1, -0.05) is 48.5 Å². The Morgan fingerprint density at radius 3 is 2.48 bits per heavy atom. The number of benzene rings is 3. The molecule has 0 bridgehead atoms. The third kappa shape index (κ3) is 6.16. The van der Waals surface area contributed by atoms with Crippen LogP contribution in [0.2, 0.25) is 0 Å². The fourth-order valence-electron chi connectivity index (χ4n) is 4.91. The highest BCUT2D eigenvalue weighted by molar-refractivity contribution is 8.00. The number of hydrogen-bond donors (Lipinski definition) is 3. The molecule has 0 spiro atoms. The Kier molecular flexibility index (Phi) is 8.85. The van der Waals surface area contributed by atoms with Gasteiger partial charge in [-0.3, -0.25) is 14.4 Å². The molecule has 0 saturated carbocycles. The normalized spacial score (nSPS) is 17.6. The first-order valence-corrected chi connectivity index (χ1v) is 14.0. The molecule has 9 heteroatoms. The summed E-state index contributed by atoms with van der Waals surface area (Å²) in [5.74, 6) is -0.719. The summed E-state index contributed by atoms with van der Waals surface area (Å²) in [5, 5.41) is 24.3. The van der Waals surface area contributed by atoms with E-state index in [1.54, 1.807) is 43.3 Å². The molecule has 210 valence electrons. The number of phenolic OH excluding ortho intramolecular Hbond substituents is 1. The average molecular weight is 563 g/mol. The average Bonchev–Trinajstić information content (AvgIpc) is 3.27. The summed E-state index contributed by atoms with van der Waals surface area (Å²) in [6.45, 7) is 5.41. The zero-order chi connectivity index (χ0) is 29.0. The number of hydrogen-bond acceptors (Lipinski definition) is 7. The summed E-state index contributed by atoms with van der Waals surface area (Å²) in [6.07, 6.45) is -1.45. The Hall–Kier alpha value is -3.82. The van der Waals surface area contributed by atoms with Crippen molar-refractivity contribution in [1.29, 1.82) is 0 Å². The van der Waals surface area contributed by atoms with Gasteiger partial charge in [-0.15, -0.1) is 11.8 Å². The number of rotatable bonds is 9. The monoisotopic (exact) mass is 562 g/mol. The summed E-state index contributed by atoms with van der Waals surface area (Å²) in [4.78, 5) is 42.3. The molecule has 3 atom stereocenters. The van der Waals surface area contributed by atoms with Crippen LogP contribution in [0.25, 0.3) is 0 Å². The maximum absolute atomic E-state index is 13.9. The Morgan fingerprint density at radius 1 is 1.07 bits per heavy atom. The van der Waals surface area contributed by atoms with E-state index >= 15 is 0 Å². The number of thioether (sulfide) groups is 1. The number of Topliss-reactive ketones (excluding diaryl/α,β-unsaturated/α-hetero) is 1. The quantitative estimate of drug-likeness (QED) is 0.338. The standard InChI is InChI=1S/C31H34N2O6S/c1-19-23(14-9-15-25(19)34)29(37)32-24(16-20-10-6-5-7-11-20)27(36)30(38)33-18-40-31(2,3)28(33)26(35)21-12-8-13-22(17-21)39-4/h5-15,17,24,27-28,34,36H,16,18H2,1-4H3,(H,32,37)/t24-,27-,28+/m0/s1. The molecule has 40 heavy (non-hydrogen) atoms. The number of aromatic hydroxyl groups is 1. The first-order valence-electron chi connectivity index (χ1n) is 13.0. The van der Waals surface area contributed by atoms with Gasteiger partial charge in [0.2, 0.25) is 0 Å². The lowest BCUT2D eigenvalue weighted by Gasteiger charge is -2.33. The molecule has 0 aromatic heterocycles. The smallest absolute Gasteiger partial charge is 0.254 e. The number of methoxy groups -OCH3 is 1. The van der Waals surface area contributed by atoms with Crippen molar-refractivity contribution in [2.24, 2.45) is 0 Å². The third-order valence-corrected chi connectivity index (χ3v) is 8.60. The van der Waals surface area contributed by atoms with E-state index in [-0.39, 0.29) is 29.4 Å². The van der Waals surface area contributed by atoms with Crippen molar-refractivity contribution >= 4 is 29.4 Å². The van der Waals surface area contributed by atoms with Gasteiger partial charge in [0.05, 0.1) is 19.0 Å². The Bertz CT molecular complexity index is 1390. The predicted molar refractivity (Wildman–Crippen MR) is 155 cm³/mol. The molecule has 1 fully saturated rings. The molecule has 1 aliphatic rings. The second-order valence-electron chi connectivity index (χ2n) is 10.3. The molecule has 1 heterocycles. The van der Waals surface area contributed by atoms with E-state index < -0.39 is 34.7 Å². The molecule has 2 amide bonds. The van der Waals surface area contributed by atoms with Crippen LogP contribution in [0.1, 0.15) is 45.7 Å².